The molecule has 1 aliphatic rings. The minimum absolute atomic E-state index is 0.125. The lowest BCUT2D eigenvalue weighted by Gasteiger charge is -2.33. The molecule has 1 fully saturated rings. The van der Waals surface area contributed by atoms with Crippen molar-refractivity contribution in [1.82, 2.24) is 9.97 Å². The minimum atomic E-state index is -0.495. The van der Waals surface area contributed by atoms with Gasteiger partial charge in [-0.2, -0.15) is 4.98 Å². The first-order valence-corrected chi connectivity index (χ1v) is 6.49. The first kappa shape index (κ1) is 14.4. The second-order valence-corrected chi connectivity index (χ2v) is 4.77. The fourth-order valence-corrected chi connectivity index (χ4v) is 2.47. The number of nitrogen functional groups attached to an aromatic ring is 1. The molecule has 0 bridgehead atoms. The van der Waals surface area contributed by atoms with Crippen molar-refractivity contribution in [2.75, 3.05) is 30.0 Å². The number of nitrogens with one attached hydrogen (secondary N) is 1. The van der Waals surface area contributed by atoms with Crippen LogP contribution in [-0.4, -0.2) is 39.7 Å². The number of nitrogens with two attached hydrogens (primary N) is 1. The Bertz CT molecular complexity index is 481. The Morgan fingerprint density at radius 2 is 2.45 bits per heavy atom. The highest BCUT2D eigenvalue weighted by Crippen LogP contribution is 2.30. The van der Waals surface area contributed by atoms with Crippen molar-refractivity contribution in [3.63, 3.8) is 0 Å². The fraction of sp³-hybridized carbons (Fsp3) is 0.636. The predicted octanol–water partition coefficient (Wildman–Crippen LogP) is 0.269. The number of hydrogen-bond donors (Lipinski definition) is 3. The van der Waals surface area contributed by atoms with E-state index in [0.29, 0.717) is 25.4 Å². The second-order valence-electron chi connectivity index (χ2n) is 4.77. The summed E-state index contributed by atoms with van der Waals surface area (Å²) in [5.41, 5.74) is 2.17. The highest BCUT2D eigenvalue weighted by Gasteiger charge is 2.27. The Kier molecular flexibility index (Phi) is 4.64. The highest BCUT2D eigenvalue weighted by molar-refractivity contribution is 5.59. The van der Waals surface area contributed by atoms with Crippen LogP contribution in [0.4, 0.5) is 17.5 Å². The molecule has 2 rings (SSSR count). The zero-order chi connectivity index (χ0) is 14.5. The van der Waals surface area contributed by atoms with Crippen molar-refractivity contribution in [3.05, 3.63) is 16.3 Å². The summed E-state index contributed by atoms with van der Waals surface area (Å²) in [6.45, 7) is 1.46. The number of rotatable bonds is 5. The summed E-state index contributed by atoms with van der Waals surface area (Å²) in [7, 11) is 0. The lowest BCUT2D eigenvalue weighted by atomic mass is 9.95. The maximum Gasteiger partial charge on any atom is 0.329 e. The lowest BCUT2D eigenvalue weighted by molar-refractivity contribution is -0.384. The number of nitro groups is 1. The molecule has 0 saturated carbocycles. The number of piperidine rings is 1. The number of hydrogen-bond acceptors (Lipinski definition) is 8. The summed E-state index contributed by atoms with van der Waals surface area (Å²) in [5.74, 6) is 6.00. The van der Waals surface area contributed by atoms with Crippen LogP contribution in [0.3, 0.4) is 0 Å². The van der Waals surface area contributed by atoms with Gasteiger partial charge in [-0.25, -0.2) is 10.8 Å². The molecule has 1 saturated heterocycles. The molecule has 20 heavy (non-hydrogen) atoms. The van der Waals surface area contributed by atoms with Crippen molar-refractivity contribution < 1.29 is 10.0 Å². The van der Waals surface area contributed by atoms with Crippen LogP contribution in [0.1, 0.15) is 19.3 Å². The summed E-state index contributed by atoms with van der Waals surface area (Å²) >= 11 is 0. The predicted molar refractivity (Wildman–Crippen MR) is 73.1 cm³/mol. The SMILES string of the molecule is NNc1ncc([N+](=O)[O-])c(N2CCCC(CCO)C2)n1. The molecule has 110 valence electrons. The summed E-state index contributed by atoms with van der Waals surface area (Å²) in [6, 6.07) is 0. The summed E-state index contributed by atoms with van der Waals surface area (Å²) in [6.07, 6.45) is 3.78. The van der Waals surface area contributed by atoms with E-state index in [4.69, 9.17) is 10.9 Å². The summed E-state index contributed by atoms with van der Waals surface area (Å²) in [4.78, 5) is 20.3. The number of hydrazine groups is 1. The molecule has 9 heteroatoms. The van der Waals surface area contributed by atoms with Crippen molar-refractivity contribution in [1.29, 1.82) is 0 Å². The Hall–Kier alpha value is -2.00. The van der Waals surface area contributed by atoms with Crippen LogP contribution in [0.25, 0.3) is 0 Å². The normalized spacial score (nSPS) is 18.9. The van der Waals surface area contributed by atoms with Gasteiger partial charge < -0.3 is 10.0 Å². The molecule has 1 atom stereocenters. The zero-order valence-electron chi connectivity index (χ0n) is 11.0. The number of aliphatic hydroxyl groups is 1. The van der Waals surface area contributed by atoms with Crippen LogP contribution in [0.2, 0.25) is 0 Å². The minimum Gasteiger partial charge on any atom is -0.396 e. The van der Waals surface area contributed by atoms with Crippen molar-refractivity contribution in [3.8, 4) is 0 Å². The average molecular weight is 282 g/mol. The number of aliphatic hydroxyl groups excluding tert-OH is 1. The van der Waals surface area contributed by atoms with Crippen LogP contribution in [0.5, 0.6) is 0 Å². The first-order valence-electron chi connectivity index (χ1n) is 6.49. The third kappa shape index (κ3) is 3.11. The molecule has 9 nitrogen and oxygen atoms in total. The van der Waals surface area contributed by atoms with Crippen LogP contribution in [0, 0.1) is 16.0 Å². The van der Waals surface area contributed by atoms with Gasteiger partial charge in [0.1, 0.15) is 6.20 Å². The molecule has 0 radical (unpaired) electrons. The number of aromatic nitrogens is 2. The lowest BCUT2D eigenvalue weighted by Crippen LogP contribution is -2.37. The van der Waals surface area contributed by atoms with Gasteiger partial charge in [0, 0.05) is 19.7 Å². The fourth-order valence-electron chi connectivity index (χ4n) is 2.47. The maximum absolute atomic E-state index is 11.1. The molecule has 2 heterocycles. The van der Waals surface area contributed by atoms with Gasteiger partial charge in [0.05, 0.1) is 4.92 Å². The van der Waals surface area contributed by atoms with Crippen LogP contribution >= 0.6 is 0 Å². The van der Waals surface area contributed by atoms with Crippen LogP contribution < -0.4 is 16.2 Å². The van der Waals surface area contributed by atoms with E-state index in [9.17, 15) is 10.1 Å². The third-order valence-electron chi connectivity index (χ3n) is 3.43. The third-order valence-corrected chi connectivity index (χ3v) is 3.43. The van der Waals surface area contributed by atoms with Crippen LogP contribution in [-0.2, 0) is 0 Å². The number of anilines is 2. The molecular formula is C11H18N6O3. The largest absolute Gasteiger partial charge is 0.396 e. The maximum atomic E-state index is 11.1. The Balaban J connectivity index is 2.27. The van der Waals surface area contributed by atoms with Crippen molar-refractivity contribution in [2.24, 2.45) is 11.8 Å². The smallest absolute Gasteiger partial charge is 0.329 e. The molecule has 1 unspecified atom stereocenters. The average Bonchev–Trinajstić information content (AvgIpc) is 2.47. The Labute approximate surface area is 115 Å². The van der Waals surface area contributed by atoms with E-state index in [-0.39, 0.29) is 24.1 Å². The van der Waals surface area contributed by atoms with Crippen molar-refractivity contribution in [2.45, 2.75) is 19.3 Å². The van der Waals surface area contributed by atoms with Gasteiger partial charge in [0.25, 0.3) is 0 Å². The molecule has 0 aliphatic carbocycles. The van der Waals surface area contributed by atoms with Gasteiger partial charge in [-0.05, 0) is 25.2 Å². The van der Waals surface area contributed by atoms with Crippen molar-refractivity contribution >= 4 is 17.5 Å². The molecule has 1 aromatic heterocycles. The van der Waals surface area contributed by atoms with Gasteiger partial charge in [0.2, 0.25) is 11.8 Å². The van der Waals surface area contributed by atoms with Gasteiger partial charge in [-0.15, -0.1) is 0 Å². The van der Waals surface area contributed by atoms with Gasteiger partial charge in [-0.1, -0.05) is 0 Å². The molecular weight excluding hydrogens is 264 g/mol. The van der Waals surface area contributed by atoms with E-state index in [0.717, 1.165) is 19.0 Å². The summed E-state index contributed by atoms with van der Waals surface area (Å²) < 4.78 is 0. The standard InChI is InChI=1S/C11H18N6O3/c12-15-11-13-6-9(17(19)20)10(14-11)16-4-1-2-8(7-16)3-5-18/h6,8,18H,1-5,7,12H2,(H,13,14,15). The van der Waals surface area contributed by atoms with E-state index < -0.39 is 4.92 Å². The van der Waals surface area contributed by atoms with E-state index in [1.54, 1.807) is 0 Å². The first-order chi connectivity index (χ1) is 9.65. The van der Waals surface area contributed by atoms with E-state index >= 15 is 0 Å². The summed E-state index contributed by atoms with van der Waals surface area (Å²) in [5, 5.41) is 20.1. The van der Waals surface area contributed by atoms with Gasteiger partial charge in [0.15, 0.2) is 0 Å². The number of nitrogens with zero attached hydrogens (tertiary/aromatic N) is 4. The molecule has 0 spiro atoms. The van der Waals surface area contributed by atoms with Crippen LogP contribution in [0.15, 0.2) is 6.20 Å². The highest BCUT2D eigenvalue weighted by atomic mass is 16.6. The second kappa shape index (κ2) is 6.44. The molecule has 1 aromatic rings. The quantitative estimate of drug-likeness (QED) is 0.398. The topological polar surface area (TPSA) is 130 Å². The molecule has 0 aromatic carbocycles. The Morgan fingerprint density at radius 3 is 3.10 bits per heavy atom. The van der Waals surface area contributed by atoms with Gasteiger partial charge in [-0.3, -0.25) is 15.5 Å². The van der Waals surface area contributed by atoms with E-state index in [2.05, 4.69) is 15.4 Å². The molecule has 0 amide bonds. The zero-order valence-corrected chi connectivity index (χ0v) is 11.0. The monoisotopic (exact) mass is 282 g/mol. The Morgan fingerprint density at radius 1 is 1.65 bits per heavy atom. The van der Waals surface area contributed by atoms with E-state index in [1.165, 1.54) is 0 Å². The molecule has 4 N–H and O–H groups in total. The van der Waals surface area contributed by atoms with Gasteiger partial charge >= 0.3 is 5.69 Å². The molecule has 1 aliphatic heterocycles. The van der Waals surface area contributed by atoms with E-state index in [1.807, 2.05) is 4.90 Å².